The molecule has 36 heavy (non-hydrogen) atoms. The predicted octanol–water partition coefficient (Wildman–Crippen LogP) is 6.77. The maximum atomic E-state index is 13.8. The molecule has 0 unspecified atom stereocenters. The Morgan fingerprint density at radius 1 is 0.917 bits per heavy atom. The molecule has 0 atom stereocenters. The quantitative estimate of drug-likeness (QED) is 0.257. The van der Waals surface area contributed by atoms with Gasteiger partial charge in [-0.3, -0.25) is 9.69 Å². The van der Waals surface area contributed by atoms with Gasteiger partial charge in [0.25, 0.3) is 0 Å². The molecule has 186 valence electrons. The summed E-state index contributed by atoms with van der Waals surface area (Å²) in [7, 11) is 0. The standard InChI is InChI=1S/C30H31NO4S/c1-2-34-24-13-8-22(9-14-24)30-28(26-15-10-23(32)20-27(26)36-30)29(33)21-6-11-25(12-7-21)35-19-18-31-16-4-3-5-17-31/h6-15,20,32H,2-5,16-19H2,1H3. The lowest BCUT2D eigenvalue weighted by atomic mass is 9.97. The minimum atomic E-state index is -0.0457. The molecule has 1 N–H and O–H groups in total. The van der Waals surface area contributed by atoms with Crippen LogP contribution in [0.5, 0.6) is 17.2 Å². The van der Waals surface area contributed by atoms with E-state index in [1.54, 1.807) is 12.1 Å². The average molecular weight is 502 g/mol. The van der Waals surface area contributed by atoms with Gasteiger partial charge in [-0.25, -0.2) is 0 Å². The number of nitrogens with zero attached hydrogens (tertiary/aromatic N) is 1. The molecule has 5 rings (SSSR count). The van der Waals surface area contributed by atoms with Crippen LogP contribution in [0, 0.1) is 0 Å². The van der Waals surface area contributed by atoms with Crippen molar-refractivity contribution in [2.75, 3.05) is 32.8 Å². The summed E-state index contributed by atoms with van der Waals surface area (Å²) in [5, 5.41) is 10.9. The van der Waals surface area contributed by atoms with E-state index < -0.39 is 0 Å². The van der Waals surface area contributed by atoms with E-state index in [0.717, 1.165) is 51.7 Å². The summed E-state index contributed by atoms with van der Waals surface area (Å²) in [4.78, 5) is 17.1. The summed E-state index contributed by atoms with van der Waals surface area (Å²) < 4.78 is 12.4. The van der Waals surface area contributed by atoms with Gasteiger partial charge in [0.05, 0.1) is 6.61 Å². The largest absolute Gasteiger partial charge is 0.508 e. The molecule has 6 heteroatoms. The third-order valence-electron chi connectivity index (χ3n) is 6.57. The van der Waals surface area contributed by atoms with Crippen molar-refractivity contribution in [2.45, 2.75) is 26.2 Å². The molecule has 1 aliphatic rings. The van der Waals surface area contributed by atoms with Crippen molar-refractivity contribution < 1.29 is 19.4 Å². The van der Waals surface area contributed by atoms with Crippen LogP contribution in [0.15, 0.2) is 66.7 Å². The smallest absolute Gasteiger partial charge is 0.195 e. The summed E-state index contributed by atoms with van der Waals surface area (Å²) >= 11 is 1.51. The molecule has 2 heterocycles. The highest BCUT2D eigenvalue weighted by Gasteiger charge is 2.22. The number of carbonyl (C=O) groups is 1. The molecule has 1 saturated heterocycles. The zero-order chi connectivity index (χ0) is 24.9. The first-order chi connectivity index (χ1) is 17.6. The molecular formula is C30H31NO4S. The second-order valence-corrected chi connectivity index (χ2v) is 10.1. The number of fused-ring (bicyclic) bond motifs is 1. The average Bonchev–Trinajstić information content (AvgIpc) is 3.28. The van der Waals surface area contributed by atoms with Crippen LogP contribution in [-0.4, -0.2) is 48.6 Å². The van der Waals surface area contributed by atoms with Crippen molar-refractivity contribution in [2.24, 2.45) is 0 Å². The topological polar surface area (TPSA) is 59.0 Å². The van der Waals surface area contributed by atoms with E-state index >= 15 is 0 Å². The van der Waals surface area contributed by atoms with Gasteiger partial charge < -0.3 is 14.6 Å². The minimum Gasteiger partial charge on any atom is -0.508 e. The summed E-state index contributed by atoms with van der Waals surface area (Å²) in [6.07, 6.45) is 3.87. The Balaban J connectivity index is 1.38. The summed E-state index contributed by atoms with van der Waals surface area (Å²) in [6, 6.07) is 20.4. The Morgan fingerprint density at radius 3 is 2.33 bits per heavy atom. The molecule has 0 aliphatic carbocycles. The Labute approximate surface area is 215 Å². The molecule has 5 nitrogen and oxygen atoms in total. The Bertz CT molecular complexity index is 1320. The van der Waals surface area contributed by atoms with E-state index in [-0.39, 0.29) is 11.5 Å². The first-order valence-corrected chi connectivity index (χ1v) is 13.4. The molecule has 1 aromatic heterocycles. The lowest BCUT2D eigenvalue weighted by molar-refractivity contribution is 0.104. The van der Waals surface area contributed by atoms with Crippen LogP contribution >= 0.6 is 11.3 Å². The second-order valence-electron chi connectivity index (χ2n) is 9.05. The molecule has 1 aliphatic heterocycles. The number of hydrogen-bond donors (Lipinski definition) is 1. The zero-order valence-corrected chi connectivity index (χ0v) is 21.4. The molecule has 0 radical (unpaired) electrons. The van der Waals surface area contributed by atoms with Crippen molar-refractivity contribution in [3.05, 3.63) is 77.9 Å². The molecule has 0 spiro atoms. The van der Waals surface area contributed by atoms with E-state index in [9.17, 15) is 9.90 Å². The highest BCUT2D eigenvalue weighted by atomic mass is 32.1. The summed E-state index contributed by atoms with van der Waals surface area (Å²) in [5.74, 6) is 1.71. The van der Waals surface area contributed by atoms with Crippen LogP contribution in [0.4, 0.5) is 0 Å². The van der Waals surface area contributed by atoms with Crippen LogP contribution in [0.25, 0.3) is 20.5 Å². The number of ketones is 1. The number of hydrogen-bond acceptors (Lipinski definition) is 6. The predicted molar refractivity (Wildman–Crippen MR) is 146 cm³/mol. The van der Waals surface area contributed by atoms with Gasteiger partial charge in [0, 0.05) is 32.6 Å². The number of likely N-dealkylation sites (tertiary alicyclic amines) is 1. The first-order valence-electron chi connectivity index (χ1n) is 12.6. The molecule has 3 aromatic carbocycles. The molecule has 0 bridgehead atoms. The van der Waals surface area contributed by atoms with Crippen molar-refractivity contribution in [3.63, 3.8) is 0 Å². The summed E-state index contributed by atoms with van der Waals surface area (Å²) in [6.45, 7) is 6.44. The van der Waals surface area contributed by atoms with Crippen molar-refractivity contribution in [1.29, 1.82) is 0 Å². The molecule has 0 saturated carbocycles. The van der Waals surface area contributed by atoms with E-state index in [2.05, 4.69) is 4.90 Å². The van der Waals surface area contributed by atoms with Crippen LogP contribution in [0.1, 0.15) is 42.1 Å². The number of aromatic hydroxyl groups is 1. The lowest BCUT2D eigenvalue weighted by Gasteiger charge is -2.26. The lowest BCUT2D eigenvalue weighted by Crippen LogP contribution is -2.33. The number of phenolic OH excluding ortho intramolecular Hbond substituents is 1. The fourth-order valence-electron chi connectivity index (χ4n) is 4.71. The first kappa shape index (κ1) is 24.3. The number of piperidine rings is 1. The van der Waals surface area contributed by atoms with Crippen LogP contribution in [-0.2, 0) is 0 Å². The van der Waals surface area contributed by atoms with Crippen molar-refractivity contribution >= 4 is 27.2 Å². The maximum absolute atomic E-state index is 13.8. The van der Waals surface area contributed by atoms with Crippen LogP contribution < -0.4 is 9.47 Å². The Morgan fingerprint density at radius 2 is 1.61 bits per heavy atom. The molecule has 0 amide bonds. The Kier molecular flexibility index (Phi) is 7.54. The van der Waals surface area contributed by atoms with E-state index in [4.69, 9.17) is 9.47 Å². The summed E-state index contributed by atoms with van der Waals surface area (Å²) in [5.41, 5.74) is 2.21. The third kappa shape index (κ3) is 5.40. The van der Waals surface area contributed by atoms with Crippen LogP contribution in [0.3, 0.4) is 0 Å². The Hall–Kier alpha value is -3.35. The van der Waals surface area contributed by atoms with Crippen molar-refractivity contribution in [3.8, 4) is 27.7 Å². The van der Waals surface area contributed by atoms with Gasteiger partial charge >= 0.3 is 0 Å². The minimum absolute atomic E-state index is 0.0457. The van der Waals surface area contributed by atoms with E-state index in [1.165, 1.54) is 30.6 Å². The highest BCUT2D eigenvalue weighted by molar-refractivity contribution is 7.22. The van der Waals surface area contributed by atoms with Gasteiger partial charge in [0.1, 0.15) is 23.9 Å². The fraction of sp³-hybridized carbons (Fsp3) is 0.300. The van der Waals surface area contributed by atoms with Gasteiger partial charge in [-0.15, -0.1) is 11.3 Å². The maximum Gasteiger partial charge on any atom is 0.195 e. The number of benzene rings is 3. The molecule has 1 fully saturated rings. The number of thiophene rings is 1. The number of ether oxygens (including phenoxy) is 2. The van der Waals surface area contributed by atoms with E-state index in [1.807, 2.05) is 61.5 Å². The SMILES string of the molecule is CCOc1ccc(-c2sc3cc(O)ccc3c2C(=O)c2ccc(OCCN3CCCCC3)cc2)cc1. The fourth-order valence-corrected chi connectivity index (χ4v) is 5.94. The molecular weight excluding hydrogens is 470 g/mol. The monoisotopic (exact) mass is 501 g/mol. The van der Waals surface area contributed by atoms with Gasteiger partial charge in [-0.1, -0.05) is 6.42 Å². The highest BCUT2D eigenvalue weighted by Crippen LogP contribution is 2.41. The van der Waals surface area contributed by atoms with Gasteiger partial charge in [0.15, 0.2) is 5.78 Å². The second kappa shape index (κ2) is 11.1. The molecule has 4 aromatic rings. The number of carbonyl (C=O) groups excluding carboxylic acids is 1. The van der Waals surface area contributed by atoms with E-state index in [0.29, 0.717) is 24.3 Å². The van der Waals surface area contributed by atoms with Crippen LogP contribution in [0.2, 0.25) is 0 Å². The van der Waals surface area contributed by atoms with Gasteiger partial charge in [-0.2, -0.15) is 0 Å². The van der Waals surface area contributed by atoms with Gasteiger partial charge in [-0.05, 0) is 105 Å². The van der Waals surface area contributed by atoms with Gasteiger partial charge in [0.2, 0.25) is 0 Å². The number of phenols is 1. The number of rotatable bonds is 9. The zero-order valence-electron chi connectivity index (χ0n) is 20.5. The third-order valence-corrected chi connectivity index (χ3v) is 7.77. The normalized spacial score (nSPS) is 14.1. The van der Waals surface area contributed by atoms with Crippen molar-refractivity contribution in [1.82, 2.24) is 4.90 Å².